The first kappa shape index (κ1) is 12.9. The van der Waals surface area contributed by atoms with Gasteiger partial charge in [-0.2, -0.15) is 0 Å². The third-order valence-electron chi connectivity index (χ3n) is 2.30. The van der Waals surface area contributed by atoms with E-state index in [9.17, 15) is 0 Å². The molecular formula is C12H12Cl2N4. The molecule has 0 atom stereocenters. The topological polar surface area (TPSA) is 41.0 Å². The lowest BCUT2D eigenvalue weighted by Crippen LogP contribution is -2.11. The molecule has 0 saturated heterocycles. The Morgan fingerprint density at radius 3 is 2.61 bits per heavy atom. The molecule has 2 aromatic rings. The van der Waals surface area contributed by atoms with Gasteiger partial charge in [0.2, 0.25) is 0 Å². The van der Waals surface area contributed by atoms with Crippen LogP contribution in [0.25, 0.3) is 0 Å². The lowest BCUT2D eigenvalue weighted by atomic mass is 10.3. The van der Waals surface area contributed by atoms with Crippen LogP contribution in [0.2, 0.25) is 10.0 Å². The molecule has 0 radical (unpaired) electrons. The second kappa shape index (κ2) is 5.42. The van der Waals surface area contributed by atoms with Gasteiger partial charge in [-0.05, 0) is 18.2 Å². The van der Waals surface area contributed by atoms with Crippen LogP contribution in [-0.2, 0) is 0 Å². The lowest BCUT2D eigenvalue weighted by Gasteiger charge is -2.13. The molecule has 0 unspecified atom stereocenters. The van der Waals surface area contributed by atoms with Gasteiger partial charge in [-0.15, -0.1) is 0 Å². The zero-order chi connectivity index (χ0) is 13.1. The fraction of sp³-hybridized carbons (Fsp3) is 0.167. The van der Waals surface area contributed by atoms with Crippen LogP contribution < -0.4 is 10.2 Å². The van der Waals surface area contributed by atoms with E-state index in [4.69, 9.17) is 23.2 Å². The van der Waals surface area contributed by atoms with Crippen molar-refractivity contribution in [1.82, 2.24) is 9.97 Å². The van der Waals surface area contributed by atoms with Gasteiger partial charge in [-0.3, -0.25) is 0 Å². The Balaban J connectivity index is 2.28. The molecule has 0 saturated carbocycles. The Morgan fingerprint density at radius 2 is 1.89 bits per heavy atom. The van der Waals surface area contributed by atoms with Gasteiger partial charge in [0.25, 0.3) is 0 Å². The number of nitrogens with one attached hydrogen (secondary N) is 1. The van der Waals surface area contributed by atoms with Gasteiger partial charge < -0.3 is 10.2 Å². The van der Waals surface area contributed by atoms with Crippen molar-refractivity contribution in [3.8, 4) is 0 Å². The lowest BCUT2D eigenvalue weighted by molar-refractivity contribution is 1.04. The molecule has 0 aliphatic rings. The van der Waals surface area contributed by atoms with E-state index in [2.05, 4.69) is 15.3 Å². The predicted molar refractivity (Wildman–Crippen MR) is 76.1 cm³/mol. The van der Waals surface area contributed by atoms with Gasteiger partial charge in [0.15, 0.2) is 0 Å². The van der Waals surface area contributed by atoms with Crippen LogP contribution in [0.1, 0.15) is 0 Å². The van der Waals surface area contributed by atoms with Crippen molar-refractivity contribution in [2.45, 2.75) is 0 Å². The molecule has 2 rings (SSSR count). The van der Waals surface area contributed by atoms with Crippen LogP contribution in [0, 0.1) is 0 Å². The van der Waals surface area contributed by atoms with Crippen LogP contribution in [0.5, 0.6) is 0 Å². The summed E-state index contributed by atoms with van der Waals surface area (Å²) in [5.74, 6) is 1.48. The maximum atomic E-state index is 6.07. The van der Waals surface area contributed by atoms with Crippen LogP contribution in [0.3, 0.4) is 0 Å². The summed E-state index contributed by atoms with van der Waals surface area (Å²) < 4.78 is 0. The highest BCUT2D eigenvalue weighted by Gasteiger charge is 2.04. The number of rotatable bonds is 3. The Hall–Kier alpha value is -1.52. The first-order valence-electron chi connectivity index (χ1n) is 5.27. The molecule has 1 heterocycles. The van der Waals surface area contributed by atoms with E-state index in [0.29, 0.717) is 21.6 Å². The number of halogens is 2. The van der Waals surface area contributed by atoms with Crippen LogP contribution in [-0.4, -0.2) is 24.1 Å². The first-order chi connectivity index (χ1) is 8.56. The number of anilines is 3. The van der Waals surface area contributed by atoms with Crippen molar-refractivity contribution in [2.75, 3.05) is 24.3 Å². The van der Waals surface area contributed by atoms with Crippen molar-refractivity contribution in [1.29, 1.82) is 0 Å². The number of nitrogens with zero attached hydrogens (tertiary/aromatic N) is 3. The second-order valence-electron chi connectivity index (χ2n) is 3.91. The van der Waals surface area contributed by atoms with Crippen molar-refractivity contribution < 1.29 is 0 Å². The summed E-state index contributed by atoms with van der Waals surface area (Å²) in [6.07, 6.45) is 1.50. The summed E-state index contributed by atoms with van der Waals surface area (Å²) in [6.45, 7) is 0. The molecule has 6 heteroatoms. The molecule has 0 bridgehead atoms. The molecular weight excluding hydrogens is 271 g/mol. The zero-order valence-electron chi connectivity index (χ0n) is 9.98. The molecule has 1 N–H and O–H groups in total. The van der Waals surface area contributed by atoms with Crippen molar-refractivity contribution >= 4 is 40.5 Å². The van der Waals surface area contributed by atoms with E-state index in [0.717, 1.165) is 5.82 Å². The number of benzene rings is 1. The van der Waals surface area contributed by atoms with E-state index in [1.807, 2.05) is 25.1 Å². The van der Waals surface area contributed by atoms with Crippen LogP contribution >= 0.6 is 23.2 Å². The van der Waals surface area contributed by atoms with Gasteiger partial charge in [0, 0.05) is 25.2 Å². The van der Waals surface area contributed by atoms with Crippen LogP contribution in [0.4, 0.5) is 17.3 Å². The number of aromatic nitrogens is 2. The fourth-order valence-electron chi connectivity index (χ4n) is 1.39. The van der Waals surface area contributed by atoms with E-state index in [-0.39, 0.29) is 0 Å². The predicted octanol–water partition coefficient (Wildman–Crippen LogP) is 3.59. The summed E-state index contributed by atoms with van der Waals surface area (Å²) in [6, 6.07) is 7.05. The number of hydrogen-bond acceptors (Lipinski definition) is 4. The Morgan fingerprint density at radius 1 is 1.11 bits per heavy atom. The van der Waals surface area contributed by atoms with Crippen LogP contribution in [0.15, 0.2) is 30.6 Å². The highest BCUT2D eigenvalue weighted by Crippen LogP contribution is 2.28. The Labute approximate surface area is 116 Å². The van der Waals surface area contributed by atoms with Gasteiger partial charge in [0.05, 0.1) is 10.7 Å². The second-order valence-corrected chi connectivity index (χ2v) is 4.75. The van der Waals surface area contributed by atoms with E-state index in [1.165, 1.54) is 6.33 Å². The summed E-state index contributed by atoms with van der Waals surface area (Å²) in [5, 5.41) is 4.32. The third-order valence-corrected chi connectivity index (χ3v) is 2.87. The van der Waals surface area contributed by atoms with E-state index < -0.39 is 0 Å². The summed E-state index contributed by atoms with van der Waals surface area (Å²) in [7, 11) is 3.83. The number of hydrogen-bond donors (Lipinski definition) is 1. The summed E-state index contributed by atoms with van der Waals surface area (Å²) in [4.78, 5) is 10.2. The quantitative estimate of drug-likeness (QED) is 0.934. The molecule has 1 aromatic heterocycles. The average Bonchev–Trinajstić information content (AvgIpc) is 2.34. The maximum Gasteiger partial charge on any atom is 0.135 e. The van der Waals surface area contributed by atoms with Gasteiger partial charge >= 0.3 is 0 Å². The molecule has 0 aliphatic carbocycles. The third kappa shape index (κ3) is 3.03. The van der Waals surface area contributed by atoms with Crippen molar-refractivity contribution in [3.05, 3.63) is 40.6 Å². The average molecular weight is 283 g/mol. The SMILES string of the molecule is CN(C)c1cc(Nc2cc(Cl)ccc2Cl)ncn1. The molecule has 0 amide bonds. The largest absolute Gasteiger partial charge is 0.363 e. The Kier molecular flexibility index (Phi) is 3.89. The smallest absolute Gasteiger partial charge is 0.135 e. The highest BCUT2D eigenvalue weighted by molar-refractivity contribution is 6.35. The Bertz CT molecular complexity index is 558. The minimum Gasteiger partial charge on any atom is -0.363 e. The van der Waals surface area contributed by atoms with Crippen molar-refractivity contribution in [3.63, 3.8) is 0 Å². The molecule has 94 valence electrons. The molecule has 18 heavy (non-hydrogen) atoms. The van der Waals surface area contributed by atoms with Gasteiger partial charge in [-0.1, -0.05) is 23.2 Å². The van der Waals surface area contributed by atoms with Crippen molar-refractivity contribution in [2.24, 2.45) is 0 Å². The van der Waals surface area contributed by atoms with E-state index in [1.54, 1.807) is 18.2 Å². The van der Waals surface area contributed by atoms with Gasteiger partial charge in [0.1, 0.15) is 18.0 Å². The maximum absolute atomic E-state index is 6.07. The molecule has 0 aliphatic heterocycles. The zero-order valence-corrected chi connectivity index (χ0v) is 11.5. The fourth-order valence-corrected chi connectivity index (χ4v) is 1.73. The minimum atomic E-state index is 0.587. The minimum absolute atomic E-state index is 0.587. The normalized spacial score (nSPS) is 10.2. The highest BCUT2D eigenvalue weighted by atomic mass is 35.5. The van der Waals surface area contributed by atoms with Gasteiger partial charge in [-0.25, -0.2) is 9.97 Å². The van der Waals surface area contributed by atoms with E-state index >= 15 is 0 Å². The molecule has 1 aromatic carbocycles. The molecule has 4 nitrogen and oxygen atoms in total. The summed E-state index contributed by atoms with van der Waals surface area (Å²) >= 11 is 12.0. The monoisotopic (exact) mass is 282 g/mol. The molecule has 0 spiro atoms. The standard InChI is InChI=1S/C12H12Cl2N4/c1-18(2)12-6-11(15-7-16-12)17-10-5-8(13)3-4-9(10)14/h3-7H,1-2H3,(H,15,16,17). The first-order valence-corrected chi connectivity index (χ1v) is 6.03. The molecule has 0 fully saturated rings. The summed E-state index contributed by atoms with van der Waals surface area (Å²) in [5.41, 5.74) is 0.715.